The first-order valence-corrected chi connectivity index (χ1v) is 9.90. The van der Waals surface area contributed by atoms with Gasteiger partial charge < -0.3 is 24.8 Å². The van der Waals surface area contributed by atoms with E-state index in [1.807, 2.05) is 24.3 Å². The Balaban J connectivity index is 0.00000450. The zero-order valence-electron chi connectivity index (χ0n) is 18.5. The largest absolute Gasteiger partial charge is 0.497 e. The minimum absolute atomic E-state index is 0. The monoisotopic (exact) mass is 527 g/mol. The summed E-state index contributed by atoms with van der Waals surface area (Å²) >= 11 is 0. The molecule has 0 aliphatic heterocycles. The van der Waals surface area contributed by atoms with Gasteiger partial charge in [0.15, 0.2) is 17.5 Å². The van der Waals surface area contributed by atoms with Crippen LogP contribution in [0.15, 0.2) is 47.5 Å². The van der Waals surface area contributed by atoms with E-state index in [1.54, 1.807) is 28.4 Å². The molecule has 166 valence electrons. The SMILES string of the molecule is CN=C(NCCc1ccc(OC)c(OC)c1)NCCC(C)c1ccc(OC)cc1.I. The average molecular weight is 527 g/mol. The second kappa shape index (κ2) is 14.0. The summed E-state index contributed by atoms with van der Waals surface area (Å²) in [4.78, 5) is 4.31. The van der Waals surface area contributed by atoms with Gasteiger partial charge in [-0.2, -0.15) is 0 Å². The van der Waals surface area contributed by atoms with Crippen molar-refractivity contribution in [3.63, 3.8) is 0 Å². The van der Waals surface area contributed by atoms with E-state index in [-0.39, 0.29) is 24.0 Å². The van der Waals surface area contributed by atoms with Crippen molar-refractivity contribution in [2.75, 3.05) is 41.5 Å². The summed E-state index contributed by atoms with van der Waals surface area (Å²) in [5.41, 5.74) is 2.49. The first-order valence-electron chi connectivity index (χ1n) is 9.90. The van der Waals surface area contributed by atoms with E-state index in [9.17, 15) is 0 Å². The van der Waals surface area contributed by atoms with Crippen molar-refractivity contribution in [1.29, 1.82) is 0 Å². The van der Waals surface area contributed by atoms with Crippen LogP contribution in [0.5, 0.6) is 17.2 Å². The fourth-order valence-corrected chi connectivity index (χ4v) is 3.09. The minimum atomic E-state index is 0. The lowest BCUT2D eigenvalue weighted by atomic mass is 9.98. The van der Waals surface area contributed by atoms with E-state index in [0.29, 0.717) is 5.92 Å². The molecule has 2 rings (SSSR count). The van der Waals surface area contributed by atoms with Crippen LogP contribution in [0.1, 0.15) is 30.4 Å². The molecule has 1 unspecified atom stereocenters. The van der Waals surface area contributed by atoms with Crippen molar-refractivity contribution >= 4 is 29.9 Å². The number of hydrogen-bond acceptors (Lipinski definition) is 4. The summed E-state index contributed by atoms with van der Waals surface area (Å²) < 4.78 is 15.9. The minimum Gasteiger partial charge on any atom is -0.497 e. The van der Waals surface area contributed by atoms with E-state index in [0.717, 1.165) is 49.1 Å². The number of benzene rings is 2. The standard InChI is InChI=1S/C23H33N3O3.HI/c1-17(19-7-9-20(27-3)10-8-19)12-14-25-23(24-2)26-15-13-18-6-11-21(28-4)22(16-18)29-5;/h6-11,16-17H,12-15H2,1-5H3,(H2,24,25,26);1H. The average Bonchev–Trinajstić information content (AvgIpc) is 2.77. The van der Waals surface area contributed by atoms with Crippen molar-refractivity contribution in [3.05, 3.63) is 53.6 Å². The van der Waals surface area contributed by atoms with Crippen LogP contribution in [0.3, 0.4) is 0 Å². The second-order valence-electron chi connectivity index (χ2n) is 6.83. The van der Waals surface area contributed by atoms with Crippen LogP contribution in [0.2, 0.25) is 0 Å². The maximum Gasteiger partial charge on any atom is 0.190 e. The third-order valence-electron chi connectivity index (χ3n) is 4.93. The molecule has 0 amide bonds. The third-order valence-corrected chi connectivity index (χ3v) is 4.93. The number of rotatable bonds is 10. The molecular formula is C23H34IN3O3. The van der Waals surface area contributed by atoms with Crippen LogP contribution < -0.4 is 24.8 Å². The molecule has 0 bridgehead atoms. The number of ether oxygens (including phenoxy) is 3. The van der Waals surface area contributed by atoms with Crippen molar-refractivity contribution in [1.82, 2.24) is 10.6 Å². The van der Waals surface area contributed by atoms with E-state index in [1.165, 1.54) is 11.1 Å². The maximum atomic E-state index is 5.36. The molecule has 0 aliphatic carbocycles. The quantitative estimate of drug-likeness (QED) is 0.275. The zero-order valence-corrected chi connectivity index (χ0v) is 20.9. The van der Waals surface area contributed by atoms with Gasteiger partial charge in [0.25, 0.3) is 0 Å². The molecule has 0 saturated heterocycles. The first-order chi connectivity index (χ1) is 14.1. The zero-order chi connectivity index (χ0) is 21.1. The van der Waals surface area contributed by atoms with Gasteiger partial charge in [-0.3, -0.25) is 4.99 Å². The second-order valence-corrected chi connectivity index (χ2v) is 6.83. The Morgan fingerprint density at radius 1 is 0.900 bits per heavy atom. The lowest BCUT2D eigenvalue weighted by Gasteiger charge is -2.16. The smallest absolute Gasteiger partial charge is 0.190 e. The molecule has 0 radical (unpaired) electrons. The Bertz CT molecular complexity index is 782. The van der Waals surface area contributed by atoms with Crippen molar-refractivity contribution < 1.29 is 14.2 Å². The topological polar surface area (TPSA) is 64.1 Å². The molecular weight excluding hydrogens is 493 g/mol. The van der Waals surface area contributed by atoms with Crippen molar-refractivity contribution in [3.8, 4) is 17.2 Å². The fourth-order valence-electron chi connectivity index (χ4n) is 3.09. The number of halogens is 1. The van der Waals surface area contributed by atoms with E-state index >= 15 is 0 Å². The van der Waals surface area contributed by atoms with Gasteiger partial charge in [0.05, 0.1) is 21.3 Å². The molecule has 7 heteroatoms. The predicted molar refractivity (Wildman–Crippen MR) is 134 cm³/mol. The third kappa shape index (κ3) is 7.93. The summed E-state index contributed by atoms with van der Waals surface area (Å²) in [6.07, 6.45) is 1.88. The normalized spacial score (nSPS) is 11.8. The van der Waals surface area contributed by atoms with Gasteiger partial charge in [-0.1, -0.05) is 25.1 Å². The van der Waals surface area contributed by atoms with Crippen molar-refractivity contribution in [2.24, 2.45) is 4.99 Å². The number of nitrogens with one attached hydrogen (secondary N) is 2. The Hall–Kier alpha value is -2.16. The van der Waals surface area contributed by atoms with E-state index in [4.69, 9.17) is 14.2 Å². The molecule has 2 aromatic rings. The molecule has 0 heterocycles. The van der Waals surface area contributed by atoms with Gasteiger partial charge in [-0.25, -0.2) is 0 Å². The molecule has 0 fully saturated rings. The summed E-state index contributed by atoms with van der Waals surface area (Å²) in [5, 5.41) is 6.75. The Morgan fingerprint density at radius 3 is 2.17 bits per heavy atom. The van der Waals surface area contributed by atoms with Gasteiger partial charge in [0.2, 0.25) is 0 Å². The molecule has 1 atom stereocenters. The van der Waals surface area contributed by atoms with Crippen LogP contribution >= 0.6 is 24.0 Å². The highest BCUT2D eigenvalue weighted by molar-refractivity contribution is 14.0. The lowest BCUT2D eigenvalue weighted by Crippen LogP contribution is -2.39. The molecule has 2 N–H and O–H groups in total. The van der Waals surface area contributed by atoms with Crippen LogP contribution in [0.4, 0.5) is 0 Å². The van der Waals surface area contributed by atoms with Gasteiger partial charge in [0, 0.05) is 20.1 Å². The molecule has 2 aromatic carbocycles. The molecule has 0 saturated carbocycles. The Labute approximate surface area is 197 Å². The number of nitrogens with zero attached hydrogens (tertiary/aromatic N) is 1. The highest BCUT2D eigenvalue weighted by atomic mass is 127. The van der Waals surface area contributed by atoms with Crippen LogP contribution in [0.25, 0.3) is 0 Å². The first kappa shape index (κ1) is 25.9. The van der Waals surface area contributed by atoms with Crippen LogP contribution in [0, 0.1) is 0 Å². The fraction of sp³-hybridized carbons (Fsp3) is 0.435. The maximum absolute atomic E-state index is 5.36. The van der Waals surface area contributed by atoms with Crippen molar-refractivity contribution in [2.45, 2.75) is 25.7 Å². The highest BCUT2D eigenvalue weighted by Crippen LogP contribution is 2.27. The summed E-state index contributed by atoms with van der Waals surface area (Å²) in [6.45, 7) is 3.86. The Morgan fingerprint density at radius 2 is 1.57 bits per heavy atom. The summed E-state index contributed by atoms with van der Waals surface area (Å²) in [5.74, 6) is 3.65. The van der Waals surface area contributed by atoms with Crippen LogP contribution in [-0.4, -0.2) is 47.4 Å². The predicted octanol–water partition coefficient (Wildman–Crippen LogP) is 4.23. The van der Waals surface area contributed by atoms with Crippen LogP contribution in [-0.2, 0) is 6.42 Å². The molecule has 6 nitrogen and oxygen atoms in total. The molecule has 0 spiro atoms. The van der Waals surface area contributed by atoms with Gasteiger partial charge >= 0.3 is 0 Å². The summed E-state index contributed by atoms with van der Waals surface area (Å²) in [6, 6.07) is 14.3. The highest BCUT2D eigenvalue weighted by Gasteiger charge is 2.07. The molecule has 0 aliphatic rings. The van der Waals surface area contributed by atoms with Gasteiger partial charge in [0.1, 0.15) is 5.75 Å². The number of methoxy groups -OCH3 is 3. The summed E-state index contributed by atoms with van der Waals surface area (Å²) in [7, 11) is 6.77. The van der Waals surface area contributed by atoms with Gasteiger partial charge in [-0.15, -0.1) is 24.0 Å². The van der Waals surface area contributed by atoms with E-state index in [2.05, 4.69) is 40.7 Å². The number of guanidine groups is 1. The molecule has 0 aromatic heterocycles. The number of hydrogen-bond donors (Lipinski definition) is 2. The van der Waals surface area contributed by atoms with E-state index < -0.39 is 0 Å². The van der Waals surface area contributed by atoms with Gasteiger partial charge in [-0.05, 0) is 54.2 Å². The lowest BCUT2D eigenvalue weighted by molar-refractivity contribution is 0.354. The Kier molecular flexibility index (Phi) is 12.0. The number of aliphatic imine (C=N–C) groups is 1. The molecule has 30 heavy (non-hydrogen) atoms.